The number of aromatic nitrogens is 2. The van der Waals surface area contributed by atoms with Crippen molar-refractivity contribution in [3.63, 3.8) is 0 Å². The van der Waals surface area contributed by atoms with Gasteiger partial charge in [0, 0.05) is 46.7 Å². The average molecular weight is 928 g/mol. The van der Waals surface area contributed by atoms with Gasteiger partial charge in [0.25, 0.3) is 0 Å². The summed E-state index contributed by atoms with van der Waals surface area (Å²) < 4.78 is 30.3. The molecule has 5 aromatic carbocycles. The molecule has 0 spiro atoms. The molecule has 11 bridgehead atoms. The second-order valence-electron chi connectivity index (χ2n) is 13.7. The van der Waals surface area contributed by atoms with Crippen LogP contribution in [0.1, 0.15) is 53.4 Å². The maximum absolute atomic E-state index is 14.0. The van der Waals surface area contributed by atoms with Gasteiger partial charge in [-0.05, 0) is 88.9 Å². The van der Waals surface area contributed by atoms with Crippen molar-refractivity contribution >= 4 is 37.4 Å². The number of aliphatic hydroxyl groups is 1. The van der Waals surface area contributed by atoms with Crippen LogP contribution in [0.5, 0.6) is 0 Å². The van der Waals surface area contributed by atoms with Gasteiger partial charge >= 0.3 is 0 Å². The van der Waals surface area contributed by atoms with Gasteiger partial charge in [0.1, 0.15) is 12.1 Å². The third-order valence-electron chi connectivity index (χ3n) is 10.6. The third-order valence-corrected chi connectivity index (χ3v) is 11.8. The first-order chi connectivity index (χ1) is 26.1. The summed E-state index contributed by atoms with van der Waals surface area (Å²) in [6, 6.07) is 42.9. The van der Waals surface area contributed by atoms with Gasteiger partial charge in [-0.15, -0.1) is 46.7 Å². The zero-order chi connectivity index (χ0) is 38.0. The van der Waals surface area contributed by atoms with E-state index >= 15 is 0 Å². The van der Waals surface area contributed by atoms with E-state index in [2.05, 4.69) is 114 Å². The number of aliphatic hydroxyl groups excluding tert-OH is 1. The van der Waals surface area contributed by atoms with Crippen LogP contribution < -0.4 is 0 Å². The molecule has 55 heavy (non-hydrogen) atoms. The van der Waals surface area contributed by atoms with E-state index in [1.807, 2.05) is 6.07 Å². The number of benzene rings is 5. The molecule has 1 aliphatic rings. The molecule has 0 unspecified atom stereocenters. The van der Waals surface area contributed by atoms with E-state index in [1.54, 1.807) is 45.4 Å². The zero-order valence-corrected chi connectivity index (χ0v) is 34.3. The first-order valence-corrected chi connectivity index (χ1v) is 19.3. The maximum Gasteiger partial charge on any atom is 0.196 e. The fraction of sp³-hybridized carbons (Fsp3) is 0.213. The molecule has 0 aliphatic carbocycles. The van der Waals surface area contributed by atoms with Crippen molar-refractivity contribution in [1.82, 2.24) is 9.97 Å². The van der Waals surface area contributed by atoms with Gasteiger partial charge in [-0.2, -0.15) is 0 Å². The molecular weight excluding hydrogens is 887 g/mol. The van der Waals surface area contributed by atoms with E-state index < -0.39 is 22.9 Å². The minimum atomic E-state index is -2.00. The van der Waals surface area contributed by atoms with E-state index in [-0.39, 0.29) is 45.8 Å². The van der Waals surface area contributed by atoms with Gasteiger partial charge in [0.05, 0.1) is 5.52 Å². The third kappa shape index (κ3) is 7.82. The predicted molar refractivity (Wildman–Crippen MR) is 219 cm³/mol. The van der Waals surface area contributed by atoms with Crippen molar-refractivity contribution in [2.24, 2.45) is 0 Å². The van der Waals surface area contributed by atoms with E-state index in [0.29, 0.717) is 6.08 Å². The summed E-state index contributed by atoms with van der Waals surface area (Å²) in [5.41, 5.74) is 8.54. The predicted octanol–water partition coefficient (Wildman–Crippen LogP) is 13.3. The number of carbonyl (C=O) groups excluding carboxylic acids is 1. The van der Waals surface area contributed by atoms with Crippen LogP contribution in [0.3, 0.4) is 0 Å². The number of alkyl halides is 2. The van der Waals surface area contributed by atoms with Gasteiger partial charge in [0.15, 0.2) is 17.1 Å². The molecular formula is C47H41F2IrN2O2S-. The second-order valence-corrected chi connectivity index (χ2v) is 14.7. The molecule has 2 aromatic heterocycles. The molecule has 281 valence electrons. The Morgan fingerprint density at radius 3 is 1.69 bits per heavy atom. The quantitative estimate of drug-likeness (QED) is 0.0983. The molecule has 0 amide bonds. The number of carbonyl (C=O) groups is 1. The minimum Gasteiger partial charge on any atom is -0.509 e. The molecule has 0 atom stereocenters. The molecule has 0 fully saturated rings. The van der Waals surface area contributed by atoms with Gasteiger partial charge < -0.3 is 5.11 Å². The van der Waals surface area contributed by atoms with Crippen molar-refractivity contribution in [3.8, 4) is 55.8 Å². The largest absolute Gasteiger partial charge is 0.509 e. The van der Waals surface area contributed by atoms with Crippen LogP contribution in [-0.2, 0) is 24.9 Å². The van der Waals surface area contributed by atoms with Crippen molar-refractivity contribution < 1.29 is 38.8 Å². The summed E-state index contributed by atoms with van der Waals surface area (Å²) in [6.07, 6.45) is 2.53. The summed E-state index contributed by atoms with van der Waals surface area (Å²) in [5.74, 6) is -1.53. The monoisotopic (exact) mass is 928 g/mol. The van der Waals surface area contributed by atoms with Gasteiger partial charge in [0.2, 0.25) is 0 Å². The fourth-order valence-electron chi connectivity index (χ4n) is 6.96. The van der Waals surface area contributed by atoms with Gasteiger partial charge in [-0.3, -0.25) is 9.78 Å². The van der Waals surface area contributed by atoms with Gasteiger partial charge in [-0.1, -0.05) is 94.4 Å². The van der Waals surface area contributed by atoms with E-state index in [1.165, 1.54) is 43.6 Å². The van der Waals surface area contributed by atoms with Crippen molar-refractivity contribution in [2.45, 2.75) is 64.7 Å². The average Bonchev–Trinajstić information content (AvgIpc) is 3.61. The molecule has 1 N–H and O–H groups in total. The molecule has 0 saturated heterocycles. The molecule has 1 aliphatic heterocycles. The van der Waals surface area contributed by atoms with Crippen LogP contribution in [0, 0.1) is 6.07 Å². The van der Waals surface area contributed by atoms with E-state index in [9.17, 15) is 18.7 Å². The molecule has 3 heterocycles. The minimum absolute atomic E-state index is 0. The summed E-state index contributed by atoms with van der Waals surface area (Å²) in [5, 5.41) is 10.8. The Kier molecular flexibility index (Phi) is 11.9. The first kappa shape index (κ1) is 39.8. The van der Waals surface area contributed by atoms with Crippen LogP contribution in [0.25, 0.3) is 76.1 Å². The number of allylic oxidation sites excluding steroid dienone is 2. The number of hydrogen-bond acceptors (Lipinski definition) is 5. The van der Waals surface area contributed by atoms with Crippen molar-refractivity contribution in [3.05, 3.63) is 133 Å². The van der Waals surface area contributed by atoms with Crippen LogP contribution in [0.4, 0.5) is 8.78 Å². The Morgan fingerprint density at radius 1 is 0.691 bits per heavy atom. The molecule has 7 aromatic rings. The Morgan fingerprint density at radius 2 is 1.18 bits per heavy atom. The Labute approximate surface area is 338 Å². The number of thiophene rings is 1. The van der Waals surface area contributed by atoms with Crippen LogP contribution >= 0.6 is 11.3 Å². The zero-order valence-electron chi connectivity index (χ0n) is 31.1. The normalized spacial score (nSPS) is 12.2. The topological polar surface area (TPSA) is 63.1 Å². The van der Waals surface area contributed by atoms with Gasteiger partial charge in [-0.25, -0.2) is 13.8 Å². The number of fused-ring (bicyclic) bond motifs is 15. The first-order valence-electron chi connectivity index (χ1n) is 18.4. The SMILES string of the molecule is CCC(F)(CC)C(=O)/C=C(\O)C(F)(CC)CC.[Ir].[c-]1ccc2cc1-c1ncnc3c1sc1cc(ccc13)-c1cccc(c1)-c1cccc(c1)-c1cccc-2c1. The summed E-state index contributed by atoms with van der Waals surface area (Å²) >= 11 is 1.76. The number of rotatable bonds is 7. The summed E-state index contributed by atoms with van der Waals surface area (Å²) in [7, 11) is 0. The van der Waals surface area contributed by atoms with Crippen LogP contribution in [0.15, 0.2) is 127 Å². The maximum atomic E-state index is 14.0. The molecule has 0 saturated carbocycles. The Bertz CT molecular complexity index is 2540. The summed E-state index contributed by atoms with van der Waals surface area (Å²) in [6.45, 7) is 6.24. The number of ketones is 1. The van der Waals surface area contributed by atoms with E-state index in [4.69, 9.17) is 4.98 Å². The molecule has 8 rings (SSSR count). The van der Waals surface area contributed by atoms with Crippen molar-refractivity contribution in [1.29, 1.82) is 0 Å². The Hall–Kier alpha value is -4.88. The van der Waals surface area contributed by atoms with Crippen LogP contribution in [-0.4, -0.2) is 32.2 Å². The smallest absolute Gasteiger partial charge is 0.196 e. The van der Waals surface area contributed by atoms with E-state index in [0.717, 1.165) is 32.4 Å². The summed E-state index contributed by atoms with van der Waals surface area (Å²) in [4.78, 5) is 21.1. The molecule has 1 radical (unpaired) electrons. The Balaban J connectivity index is 0.000000246. The number of nitrogens with zero attached hydrogens (tertiary/aromatic N) is 2. The number of halogens is 2. The molecule has 8 heteroatoms. The number of hydrogen-bond donors (Lipinski definition) is 1. The van der Waals surface area contributed by atoms with Crippen LogP contribution in [0.2, 0.25) is 0 Å². The second kappa shape index (κ2) is 16.5. The van der Waals surface area contributed by atoms with Crippen molar-refractivity contribution in [2.75, 3.05) is 0 Å². The molecule has 4 nitrogen and oxygen atoms in total. The standard InChI is InChI=1S/C34H19N2S.C13H22F2O2.Ir/c1-5-21-15-22(6-1)24-8-3-10-26(17-24)28-13-14-30-31(19-28)37-34-32(35-20-36-33(30)34)29-12-4-11-27(18-29)25-9-2-7-23(21)16-25;1-5-12(14,6-2)10(16)9-11(17)13(15,7-3)8-4;/h1-11,13-20H;9,16H,5-8H2,1-4H3;/q-1;;/b;10-9-;. The fourth-order valence-corrected chi connectivity index (χ4v) is 8.16.